The molecule has 0 aliphatic heterocycles. The molecule has 0 unspecified atom stereocenters. The molecule has 3 nitrogen and oxygen atoms in total. The van der Waals surface area contributed by atoms with Crippen molar-refractivity contribution < 1.29 is 13.0 Å². The highest BCUT2D eigenvalue weighted by Crippen LogP contribution is 1.75. The lowest BCUT2D eigenvalue weighted by Crippen LogP contribution is -1.86. The smallest absolute Gasteiger partial charge is 0.282 e. The van der Waals surface area contributed by atoms with Crippen LogP contribution >= 0.6 is 0 Å². The number of hydrogen-bond acceptors (Lipinski definition) is 2. The minimum atomic E-state index is -3.90. The van der Waals surface area contributed by atoms with Gasteiger partial charge in [-0.05, 0) is 0 Å². The molecule has 0 saturated carbocycles. The third-order valence-corrected chi connectivity index (χ3v) is 0.632. The maximum Gasteiger partial charge on any atom is 0.287 e. The summed E-state index contributed by atoms with van der Waals surface area (Å²) in [6, 6.07) is 0. The fraction of sp³-hybridized carbons (Fsp3) is 0.333. The predicted octanol–water partition coefficient (Wildman–Crippen LogP) is 0.654. The Labute approximate surface area is 43.4 Å². The molecule has 4 heteroatoms. The summed E-state index contributed by atoms with van der Waals surface area (Å²) in [6.45, 7) is 2.79. The van der Waals surface area contributed by atoms with Gasteiger partial charge in [0.2, 0.25) is 0 Å². The van der Waals surface area contributed by atoms with E-state index in [0.29, 0.717) is 5.41 Å². The van der Waals surface area contributed by atoms with Crippen LogP contribution in [0.3, 0.4) is 0 Å². The summed E-state index contributed by atoms with van der Waals surface area (Å²) in [4.78, 5) is 0. The van der Waals surface area contributed by atoms with Gasteiger partial charge in [0, 0.05) is 0 Å². The molecule has 44 valence electrons. The van der Waals surface area contributed by atoms with Crippen LogP contribution in [0, 0.1) is 0 Å². The van der Waals surface area contributed by atoms with Crippen LogP contribution < -0.4 is 0 Å². The zero-order valence-corrected chi connectivity index (χ0v) is 3.77. The van der Waals surface area contributed by atoms with Gasteiger partial charge >= 0.3 is 0 Å². The van der Waals surface area contributed by atoms with E-state index in [2.05, 4.69) is 6.58 Å². The molecule has 0 aromatic rings. The Morgan fingerprint density at radius 1 is 1.57 bits per heavy atom. The molecule has 0 rings (SSSR count). The van der Waals surface area contributed by atoms with Crippen LogP contribution in [0.15, 0.2) is 12.0 Å². The van der Waals surface area contributed by atoms with Crippen molar-refractivity contribution in [2.24, 2.45) is 0 Å². The third-order valence-electron chi connectivity index (χ3n) is 0.211. The van der Waals surface area contributed by atoms with Gasteiger partial charge in [-0.2, -0.15) is 8.42 Å². The van der Waals surface area contributed by atoms with Crippen molar-refractivity contribution in [3.8, 4) is 0 Å². The maximum absolute atomic E-state index is 9.44. The SMILES string of the molecule is C.C=CS(=O)(=O)O. The summed E-state index contributed by atoms with van der Waals surface area (Å²) < 4.78 is 26.6. The van der Waals surface area contributed by atoms with Crippen molar-refractivity contribution in [1.29, 1.82) is 0 Å². The second-order valence-electron chi connectivity index (χ2n) is 0.682. The monoisotopic (exact) mass is 124 g/mol. The quantitative estimate of drug-likeness (QED) is 0.522. The normalized spacial score (nSPS) is 9.29. The lowest BCUT2D eigenvalue weighted by atomic mass is 11.3. The molecule has 0 heterocycles. The molecular weight excluding hydrogens is 116 g/mol. The zero-order valence-electron chi connectivity index (χ0n) is 2.96. The van der Waals surface area contributed by atoms with Gasteiger partial charge in [0.05, 0.1) is 5.41 Å². The molecule has 0 bridgehead atoms. The molecule has 0 aromatic heterocycles. The number of hydrogen-bond donors (Lipinski definition) is 1. The highest BCUT2D eigenvalue weighted by Gasteiger charge is 1.87. The van der Waals surface area contributed by atoms with E-state index in [0.717, 1.165) is 0 Å². The second kappa shape index (κ2) is 2.76. The first kappa shape index (κ1) is 9.82. The molecule has 0 spiro atoms. The van der Waals surface area contributed by atoms with E-state index in [1.165, 1.54) is 0 Å². The summed E-state index contributed by atoms with van der Waals surface area (Å²) in [7, 11) is -3.90. The lowest BCUT2D eigenvalue weighted by molar-refractivity contribution is 0.494. The molecule has 0 aliphatic rings. The van der Waals surface area contributed by atoms with E-state index in [9.17, 15) is 8.42 Å². The topological polar surface area (TPSA) is 54.4 Å². The fourth-order valence-corrected chi connectivity index (χ4v) is 0. The van der Waals surface area contributed by atoms with Crippen LogP contribution in [0.4, 0.5) is 0 Å². The van der Waals surface area contributed by atoms with Gasteiger partial charge in [0.25, 0.3) is 10.1 Å². The van der Waals surface area contributed by atoms with Gasteiger partial charge in [-0.25, -0.2) is 0 Å². The Bertz CT molecular complexity index is 121. The van der Waals surface area contributed by atoms with Crippen molar-refractivity contribution in [2.75, 3.05) is 0 Å². The van der Waals surface area contributed by atoms with Crippen LogP contribution in [-0.2, 0) is 10.1 Å². The molecular formula is C3H8O3S. The van der Waals surface area contributed by atoms with Crippen LogP contribution in [0.2, 0.25) is 0 Å². The van der Waals surface area contributed by atoms with Gasteiger partial charge in [0.15, 0.2) is 0 Å². The van der Waals surface area contributed by atoms with Gasteiger partial charge in [-0.1, -0.05) is 14.0 Å². The summed E-state index contributed by atoms with van der Waals surface area (Å²) in [5, 5.41) is 0.465. The van der Waals surface area contributed by atoms with Crippen molar-refractivity contribution in [3.05, 3.63) is 12.0 Å². The Morgan fingerprint density at radius 2 is 1.71 bits per heavy atom. The van der Waals surface area contributed by atoms with E-state index in [-0.39, 0.29) is 7.43 Å². The molecule has 0 amide bonds. The fourth-order valence-electron chi connectivity index (χ4n) is 0. The summed E-state index contributed by atoms with van der Waals surface area (Å²) in [5.74, 6) is 0. The van der Waals surface area contributed by atoms with E-state index in [1.54, 1.807) is 0 Å². The average Bonchev–Trinajstić information content (AvgIpc) is 1.35. The average molecular weight is 124 g/mol. The minimum absolute atomic E-state index is 0. The van der Waals surface area contributed by atoms with Gasteiger partial charge < -0.3 is 0 Å². The van der Waals surface area contributed by atoms with Gasteiger partial charge in [-0.3, -0.25) is 4.55 Å². The first-order chi connectivity index (χ1) is 2.56. The predicted molar refractivity (Wildman–Crippen MR) is 28.5 cm³/mol. The molecule has 0 atom stereocenters. The Kier molecular flexibility index (Phi) is 3.87. The van der Waals surface area contributed by atoms with Crippen molar-refractivity contribution in [1.82, 2.24) is 0 Å². The minimum Gasteiger partial charge on any atom is -0.282 e. The van der Waals surface area contributed by atoms with Gasteiger partial charge in [-0.15, -0.1) is 0 Å². The maximum atomic E-state index is 9.44. The highest BCUT2D eigenvalue weighted by molar-refractivity contribution is 7.88. The van der Waals surface area contributed by atoms with Crippen LogP contribution in [0.1, 0.15) is 7.43 Å². The van der Waals surface area contributed by atoms with Crippen LogP contribution in [0.5, 0.6) is 0 Å². The first-order valence-corrected chi connectivity index (χ1v) is 2.66. The van der Waals surface area contributed by atoms with Crippen molar-refractivity contribution in [3.63, 3.8) is 0 Å². The van der Waals surface area contributed by atoms with E-state index in [1.807, 2.05) is 0 Å². The van der Waals surface area contributed by atoms with E-state index < -0.39 is 10.1 Å². The van der Waals surface area contributed by atoms with Crippen molar-refractivity contribution >= 4 is 10.1 Å². The van der Waals surface area contributed by atoms with Gasteiger partial charge in [0.1, 0.15) is 0 Å². The molecule has 0 aromatic carbocycles. The summed E-state index contributed by atoms with van der Waals surface area (Å²) in [6.07, 6.45) is 0. The molecule has 0 aliphatic carbocycles. The molecule has 0 saturated heterocycles. The molecule has 0 radical (unpaired) electrons. The van der Waals surface area contributed by atoms with E-state index >= 15 is 0 Å². The van der Waals surface area contributed by atoms with Crippen LogP contribution in [0.25, 0.3) is 0 Å². The Balaban J connectivity index is 0. The molecule has 1 N–H and O–H groups in total. The summed E-state index contributed by atoms with van der Waals surface area (Å²) in [5.41, 5.74) is 0. The van der Waals surface area contributed by atoms with Crippen molar-refractivity contribution in [2.45, 2.75) is 7.43 Å². The zero-order chi connectivity index (χ0) is 5.21. The van der Waals surface area contributed by atoms with Crippen LogP contribution in [-0.4, -0.2) is 13.0 Å². The molecule has 0 fully saturated rings. The second-order valence-corrected chi connectivity index (χ2v) is 2.04. The summed E-state index contributed by atoms with van der Waals surface area (Å²) >= 11 is 0. The standard InChI is InChI=1S/C2H4O3S.CH4/c1-2-6(3,4)5;/h2H,1H2,(H,3,4,5);1H4. The lowest BCUT2D eigenvalue weighted by Gasteiger charge is -1.73. The largest absolute Gasteiger partial charge is 0.287 e. The van der Waals surface area contributed by atoms with E-state index in [4.69, 9.17) is 4.55 Å². The first-order valence-electron chi connectivity index (χ1n) is 1.16. The molecule has 7 heavy (non-hydrogen) atoms. The third kappa shape index (κ3) is 10.7. The Morgan fingerprint density at radius 3 is 1.71 bits per heavy atom. The number of rotatable bonds is 1. The Hall–Kier alpha value is -0.350. The highest BCUT2D eigenvalue weighted by atomic mass is 32.2.